The van der Waals surface area contributed by atoms with Crippen LogP contribution in [0.2, 0.25) is 0 Å². The molecule has 2 nitrogen and oxygen atoms in total. The first kappa shape index (κ1) is 13.0. The van der Waals surface area contributed by atoms with E-state index in [1.165, 1.54) is 37.7 Å². The number of nitrogens with two attached hydrogens (primary N) is 1. The van der Waals surface area contributed by atoms with Gasteiger partial charge in [-0.25, -0.2) is 0 Å². The average molecular weight is 221 g/mol. The first-order valence-electron chi connectivity index (χ1n) is 6.29. The van der Waals surface area contributed by atoms with Gasteiger partial charge in [-0.1, -0.05) is 44.7 Å². The Morgan fingerprint density at radius 1 is 1.12 bits per heavy atom. The third-order valence-corrected chi connectivity index (χ3v) is 3.00. The molecule has 0 heterocycles. The van der Waals surface area contributed by atoms with E-state index in [1.807, 2.05) is 6.07 Å². The van der Waals surface area contributed by atoms with Crippen LogP contribution in [0.4, 0.5) is 0 Å². The van der Waals surface area contributed by atoms with Crippen LogP contribution < -0.4 is 5.73 Å². The van der Waals surface area contributed by atoms with E-state index in [0.717, 1.165) is 12.0 Å². The Kier molecular flexibility index (Phi) is 5.94. The van der Waals surface area contributed by atoms with Crippen molar-refractivity contribution in [3.63, 3.8) is 0 Å². The Hall–Kier alpha value is -1.02. The summed E-state index contributed by atoms with van der Waals surface area (Å²) in [7, 11) is 0. The summed E-state index contributed by atoms with van der Waals surface area (Å²) in [6, 6.07) is 5.68. The summed E-state index contributed by atoms with van der Waals surface area (Å²) >= 11 is 0. The molecule has 1 aromatic carbocycles. The monoisotopic (exact) mass is 221 g/mol. The van der Waals surface area contributed by atoms with Gasteiger partial charge in [-0.15, -0.1) is 0 Å². The van der Waals surface area contributed by atoms with Crippen molar-refractivity contribution in [1.82, 2.24) is 0 Å². The lowest BCUT2D eigenvalue weighted by atomic mass is 10.00. The Morgan fingerprint density at radius 2 is 1.88 bits per heavy atom. The van der Waals surface area contributed by atoms with Crippen molar-refractivity contribution in [3.05, 3.63) is 29.3 Å². The largest absolute Gasteiger partial charge is 0.508 e. The zero-order valence-electron chi connectivity index (χ0n) is 10.2. The molecule has 0 aliphatic carbocycles. The van der Waals surface area contributed by atoms with Crippen molar-refractivity contribution in [1.29, 1.82) is 0 Å². The molecule has 1 rings (SSSR count). The topological polar surface area (TPSA) is 46.2 Å². The molecule has 0 amide bonds. The Balaban J connectivity index is 2.44. The maximum absolute atomic E-state index is 9.65. The van der Waals surface area contributed by atoms with Crippen molar-refractivity contribution in [2.75, 3.05) is 0 Å². The Bertz CT molecular complexity index is 310. The fraction of sp³-hybridized carbons (Fsp3) is 0.571. The van der Waals surface area contributed by atoms with Gasteiger partial charge >= 0.3 is 0 Å². The summed E-state index contributed by atoms with van der Waals surface area (Å²) in [5.41, 5.74) is 7.77. The van der Waals surface area contributed by atoms with E-state index in [9.17, 15) is 5.11 Å². The lowest BCUT2D eigenvalue weighted by Crippen LogP contribution is -2.02. The van der Waals surface area contributed by atoms with Gasteiger partial charge in [0.25, 0.3) is 0 Å². The summed E-state index contributed by atoms with van der Waals surface area (Å²) < 4.78 is 0. The number of phenols is 1. The minimum Gasteiger partial charge on any atom is -0.508 e. The second-order valence-electron chi connectivity index (χ2n) is 4.28. The lowest BCUT2D eigenvalue weighted by Gasteiger charge is -2.09. The van der Waals surface area contributed by atoms with Gasteiger partial charge in [-0.3, -0.25) is 0 Å². The summed E-state index contributed by atoms with van der Waals surface area (Å²) in [6.45, 7) is 2.65. The van der Waals surface area contributed by atoms with Crippen molar-refractivity contribution in [2.24, 2.45) is 5.73 Å². The molecule has 0 aromatic heterocycles. The maximum atomic E-state index is 9.65. The lowest BCUT2D eigenvalue weighted by molar-refractivity contribution is 0.467. The second-order valence-corrected chi connectivity index (χ2v) is 4.28. The summed E-state index contributed by atoms with van der Waals surface area (Å²) in [5, 5.41) is 9.65. The SMILES string of the molecule is CCCCCCCc1cccc(O)c1CN. The molecule has 2 heteroatoms. The van der Waals surface area contributed by atoms with Crippen LogP contribution >= 0.6 is 0 Å². The zero-order chi connectivity index (χ0) is 11.8. The van der Waals surface area contributed by atoms with E-state index in [-0.39, 0.29) is 0 Å². The average Bonchev–Trinajstić information content (AvgIpc) is 2.29. The van der Waals surface area contributed by atoms with Crippen LogP contribution in [0.1, 0.15) is 50.2 Å². The van der Waals surface area contributed by atoms with Crippen molar-refractivity contribution >= 4 is 0 Å². The fourth-order valence-electron chi connectivity index (χ4n) is 2.01. The second kappa shape index (κ2) is 7.29. The van der Waals surface area contributed by atoms with Gasteiger partial charge in [-0.2, -0.15) is 0 Å². The number of unbranched alkanes of at least 4 members (excludes halogenated alkanes) is 4. The van der Waals surface area contributed by atoms with E-state index in [0.29, 0.717) is 12.3 Å². The number of benzene rings is 1. The number of rotatable bonds is 7. The zero-order valence-corrected chi connectivity index (χ0v) is 10.2. The number of hydrogen-bond acceptors (Lipinski definition) is 2. The number of aromatic hydroxyl groups is 1. The minimum atomic E-state index is 0.341. The van der Waals surface area contributed by atoms with Gasteiger partial charge in [-0.05, 0) is 24.5 Å². The van der Waals surface area contributed by atoms with E-state index >= 15 is 0 Å². The van der Waals surface area contributed by atoms with E-state index < -0.39 is 0 Å². The molecule has 0 fully saturated rings. The summed E-state index contributed by atoms with van der Waals surface area (Å²) in [4.78, 5) is 0. The summed E-state index contributed by atoms with van der Waals surface area (Å²) in [5.74, 6) is 0.341. The molecule has 16 heavy (non-hydrogen) atoms. The number of aryl methyl sites for hydroxylation is 1. The molecule has 0 radical (unpaired) electrons. The predicted molar refractivity (Wildman–Crippen MR) is 68.5 cm³/mol. The van der Waals surface area contributed by atoms with Gasteiger partial charge in [0.2, 0.25) is 0 Å². The molecule has 1 aromatic rings. The van der Waals surface area contributed by atoms with Crippen molar-refractivity contribution < 1.29 is 5.11 Å². The van der Waals surface area contributed by atoms with Crippen LogP contribution in [0.5, 0.6) is 5.75 Å². The van der Waals surface area contributed by atoms with Crippen LogP contribution in [0, 0.1) is 0 Å². The quantitative estimate of drug-likeness (QED) is 0.693. The molecule has 0 aliphatic heterocycles. The van der Waals surface area contributed by atoms with Gasteiger partial charge in [0.15, 0.2) is 0 Å². The highest BCUT2D eigenvalue weighted by Crippen LogP contribution is 2.22. The molecule has 0 saturated carbocycles. The smallest absolute Gasteiger partial charge is 0.120 e. The maximum Gasteiger partial charge on any atom is 0.120 e. The first-order chi connectivity index (χ1) is 7.79. The highest BCUT2D eigenvalue weighted by molar-refractivity contribution is 5.39. The molecule has 0 saturated heterocycles. The van der Waals surface area contributed by atoms with Gasteiger partial charge in [0.1, 0.15) is 5.75 Å². The third kappa shape index (κ3) is 3.86. The van der Waals surface area contributed by atoms with E-state index in [2.05, 4.69) is 13.0 Å². The van der Waals surface area contributed by atoms with Crippen LogP contribution in [0.3, 0.4) is 0 Å². The van der Waals surface area contributed by atoms with Gasteiger partial charge in [0.05, 0.1) is 0 Å². The first-order valence-corrected chi connectivity index (χ1v) is 6.29. The standard InChI is InChI=1S/C14H23NO/c1-2-3-4-5-6-8-12-9-7-10-14(16)13(12)11-15/h7,9-10,16H,2-6,8,11,15H2,1H3. The Morgan fingerprint density at radius 3 is 2.56 bits per heavy atom. The molecular formula is C14H23NO. The fourth-order valence-corrected chi connectivity index (χ4v) is 2.01. The van der Waals surface area contributed by atoms with Crippen LogP contribution in [0.25, 0.3) is 0 Å². The van der Waals surface area contributed by atoms with Crippen molar-refractivity contribution in [2.45, 2.75) is 52.0 Å². The molecule has 0 bridgehead atoms. The van der Waals surface area contributed by atoms with Crippen molar-refractivity contribution in [3.8, 4) is 5.75 Å². The van der Waals surface area contributed by atoms with Crippen LogP contribution in [-0.2, 0) is 13.0 Å². The van der Waals surface area contributed by atoms with Crippen LogP contribution in [-0.4, -0.2) is 5.11 Å². The molecule has 0 aliphatic rings. The number of hydrogen-bond donors (Lipinski definition) is 2. The number of phenolic OH excluding ortho intramolecular Hbond substituents is 1. The van der Waals surface area contributed by atoms with Gasteiger partial charge < -0.3 is 10.8 Å². The minimum absolute atomic E-state index is 0.341. The highest BCUT2D eigenvalue weighted by atomic mass is 16.3. The molecular weight excluding hydrogens is 198 g/mol. The van der Waals surface area contributed by atoms with E-state index in [4.69, 9.17) is 5.73 Å². The normalized spacial score (nSPS) is 10.6. The van der Waals surface area contributed by atoms with Gasteiger partial charge in [0, 0.05) is 12.1 Å². The molecule has 3 N–H and O–H groups in total. The molecule has 0 atom stereocenters. The molecule has 90 valence electrons. The molecule has 0 spiro atoms. The third-order valence-electron chi connectivity index (χ3n) is 3.00. The Labute approximate surface area is 98.5 Å². The predicted octanol–water partition coefficient (Wildman–Crippen LogP) is 3.36. The molecule has 0 unspecified atom stereocenters. The highest BCUT2D eigenvalue weighted by Gasteiger charge is 2.05. The summed E-state index contributed by atoms with van der Waals surface area (Å²) in [6.07, 6.45) is 7.41. The van der Waals surface area contributed by atoms with E-state index in [1.54, 1.807) is 6.07 Å². The van der Waals surface area contributed by atoms with Crippen LogP contribution in [0.15, 0.2) is 18.2 Å².